The zero-order valence-corrected chi connectivity index (χ0v) is 12.6. The van der Waals surface area contributed by atoms with Gasteiger partial charge in [-0.2, -0.15) is 0 Å². The average molecular weight is 307 g/mol. The number of hydrogen-bond acceptors (Lipinski definition) is 4. The first kappa shape index (κ1) is 16.5. The van der Waals surface area contributed by atoms with Crippen molar-refractivity contribution in [3.63, 3.8) is 0 Å². The molecule has 1 aromatic rings. The summed E-state index contributed by atoms with van der Waals surface area (Å²) in [6.07, 6.45) is 1.24. The molecule has 2 atom stereocenters. The van der Waals surface area contributed by atoms with Crippen molar-refractivity contribution in [2.75, 3.05) is 24.7 Å². The lowest BCUT2D eigenvalue weighted by Crippen LogP contribution is -2.43. The molecule has 2 rings (SSSR count). The van der Waals surface area contributed by atoms with Crippen LogP contribution in [-0.2, 0) is 19.1 Å². The summed E-state index contributed by atoms with van der Waals surface area (Å²) in [5.74, 6) is -1.44. The molecule has 22 heavy (non-hydrogen) atoms. The van der Waals surface area contributed by atoms with Crippen LogP contribution in [0.15, 0.2) is 30.3 Å². The number of benzene rings is 1. The smallest absolute Gasteiger partial charge is 0.323 e. The Bertz CT molecular complexity index is 499. The first-order valence-electron chi connectivity index (χ1n) is 7.39. The SMILES string of the molecule is CC(OCC1CCCO1)C(=O)N(CC(=O)O)c1ccccc1. The van der Waals surface area contributed by atoms with Gasteiger partial charge in [0.05, 0.1) is 12.7 Å². The molecule has 0 bridgehead atoms. The lowest BCUT2D eigenvalue weighted by atomic mass is 10.2. The highest BCUT2D eigenvalue weighted by atomic mass is 16.5. The van der Waals surface area contributed by atoms with Crippen LogP contribution in [0.4, 0.5) is 5.69 Å². The minimum absolute atomic E-state index is 0.0277. The van der Waals surface area contributed by atoms with Crippen molar-refractivity contribution in [2.24, 2.45) is 0 Å². The van der Waals surface area contributed by atoms with Gasteiger partial charge in [-0.25, -0.2) is 0 Å². The highest BCUT2D eigenvalue weighted by Crippen LogP contribution is 2.17. The van der Waals surface area contributed by atoms with E-state index in [9.17, 15) is 9.59 Å². The van der Waals surface area contributed by atoms with Crippen molar-refractivity contribution in [2.45, 2.75) is 32.0 Å². The fourth-order valence-corrected chi connectivity index (χ4v) is 2.36. The zero-order chi connectivity index (χ0) is 15.9. The maximum Gasteiger partial charge on any atom is 0.323 e. The van der Waals surface area contributed by atoms with Crippen molar-refractivity contribution in [3.8, 4) is 0 Å². The predicted octanol–water partition coefficient (Wildman–Crippen LogP) is 1.69. The Kier molecular flexibility index (Phi) is 5.91. The molecular formula is C16H21NO5. The topological polar surface area (TPSA) is 76.1 Å². The molecule has 6 heteroatoms. The second-order valence-electron chi connectivity index (χ2n) is 5.26. The van der Waals surface area contributed by atoms with Gasteiger partial charge in [0.2, 0.25) is 0 Å². The number of aliphatic carboxylic acids is 1. The summed E-state index contributed by atoms with van der Waals surface area (Å²) in [6.45, 7) is 2.32. The summed E-state index contributed by atoms with van der Waals surface area (Å²) in [5, 5.41) is 9.02. The normalized spacial score (nSPS) is 18.9. The molecular weight excluding hydrogens is 286 g/mol. The fraction of sp³-hybridized carbons (Fsp3) is 0.500. The molecule has 1 aliphatic heterocycles. The van der Waals surface area contributed by atoms with Crippen LogP contribution < -0.4 is 4.90 Å². The number of rotatable bonds is 7. The van der Waals surface area contributed by atoms with Crippen LogP contribution in [0.1, 0.15) is 19.8 Å². The molecule has 1 N–H and O–H groups in total. The minimum atomic E-state index is -1.07. The van der Waals surface area contributed by atoms with Crippen LogP contribution in [-0.4, -0.2) is 48.9 Å². The highest BCUT2D eigenvalue weighted by molar-refractivity contribution is 5.99. The number of ether oxygens (including phenoxy) is 2. The summed E-state index contributed by atoms with van der Waals surface area (Å²) < 4.78 is 11.0. The van der Waals surface area contributed by atoms with Crippen LogP contribution >= 0.6 is 0 Å². The Morgan fingerprint density at radius 3 is 2.73 bits per heavy atom. The summed E-state index contributed by atoms with van der Waals surface area (Å²) in [5.41, 5.74) is 0.544. The Hall–Kier alpha value is -1.92. The third-order valence-corrected chi connectivity index (χ3v) is 3.53. The number of nitrogens with zero attached hydrogens (tertiary/aromatic N) is 1. The monoisotopic (exact) mass is 307 g/mol. The molecule has 0 radical (unpaired) electrons. The van der Waals surface area contributed by atoms with Crippen LogP contribution in [0.3, 0.4) is 0 Å². The molecule has 1 fully saturated rings. The van der Waals surface area contributed by atoms with Crippen LogP contribution in [0.2, 0.25) is 0 Å². The summed E-state index contributed by atoms with van der Waals surface area (Å²) in [4.78, 5) is 24.7. The molecule has 0 saturated carbocycles. The van der Waals surface area contributed by atoms with E-state index in [1.54, 1.807) is 31.2 Å². The number of carbonyl (C=O) groups is 2. The molecule has 1 saturated heterocycles. The quantitative estimate of drug-likeness (QED) is 0.829. The molecule has 0 aromatic heterocycles. The standard InChI is InChI=1S/C16H21NO5/c1-12(22-11-14-8-5-9-21-14)16(20)17(10-15(18)19)13-6-3-2-4-7-13/h2-4,6-7,12,14H,5,8-11H2,1H3,(H,18,19). The van der Waals surface area contributed by atoms with Crippen molar-refractivity contribution < 1.29 is 24.2 Å². The molecule has 1 heterocycles. The molecule has 120 valence electrons. The summed E-state index contributed by atoms with van der Waals surface area (Å²) >= 11 is 0. The van der Waals surface area contributed by atoms with Gasteiger partial charge >= 0.3 is 5.97 Å². The van der Waals surface area contributed by atoms with E-state index < -0.39 is 18.6 Å². The molecule has 2 unspecified atom stereocenters. The minimum Gasteiger partial charge on any atom is -0.480 e. The third-order valence-electron chi connectivity index (χ3n) is 3.53. The maximum atomic E-state index is 12.5. The van der Waals surface area contributed by atoms with E-state index in [4.69, 9.17) is 14.6 Å². The number of para-hydroxylation sites is 1. The second kappa shape index (κ2) is 7.91. The molecule has 1 amide bonds. The number of carbonyl (C=O) groups excluding carboxylic acids is 1. The van der Waals surface area contributed by atoms with Gasteiger partial charge in [0.15, 0.2) is 0 Å². The molecule has 6 nitrogen and oxygen atoms in total. The van der Waals surface area contributed by atoms with Crippen LogP contribution in [0, 0.1) is 0 Å². The number of hydrogen-bond donors (Lipinski definition) is 1. The van der Waals surface area contributed by atoms with Gasteiger partial charge < -0.3 is 14.6 Å². The third kappa shape index (κ3) is 4.54. The number of amides is 1. The fourth-order valence-electron chi connectivity index (χ4n) is 2.36. The van der Waals surface area contributed by atoms with Gasteiger partial charge in [0.1, 0.15) is 12.6 Å². The van der Waals surface area contributed by atoms with Gasteiger partial charge in [-0.3, -0.25) is 14.5 Å². The van der Waals surface area contributed by atoms with Gasteiger partial charge in [0.25, 0.3) is 5.91 Å². The van der Waals surface area contributed by atoms with Crippen molar-refractivity contribution in [1.82, 2.24) is 0 Å². The van der Waals surface area contributed by atoms with Crippen molar-refractivity contribution >= 4 is 17.6 Å². The number of carboxylic acid groups (broad SMARTS) is 1. The molecule has 0 spiro atoms. The maximum absolute atomic E-state index is 12.5. The molecule has 0 aliphatic carbocycles. The van der Waals surface area contributed by atoms with Crippen LogP contribution in [0.5, 0.6) is 0 Å². The Morgan fingerprint density at radius 2 is 2.14 bits per heavy atom. The lowest BCUT2D eigenvalue weighted by Gasteiger charge is -2.25. The first-order chi connectivity index (χ1) is 10.6. The highest BCUT2D eigenvalue weighted by Gasteiger charge is 2.26. The van der Waals surface area contributed by atoms with E-state index in [-0.39, 0.29) is 12.0 Å². The van der Waals surface area contributed by atoms with E-state index in [0.717, 1.165) is 19.4 Å². The largest absolute Gasteiger partial charge is 0.480 e. The predicted molar refractivity (Wildman–Crippen MR) is 80.8 cm³/mol. The number of carboxylic acids is 1. The van der Waals surface area contributed by atoms with E-state index >= 15 is 0 Å². The van der Waals surface area contributed by atoms with Gasteiger partial charge in [-0.05, 0) is 31.9 Å². The average Bonchev–Trinajstić information content (AvgIpc) is 3.03. The molecule has 1 aromatic carbocycles. The van der Waals surface area contributed by atoms with Gasteiger partial charge in [0, 0.05) is 12.3 Å². The summed E-state index contributed by atoms with van der Waals surface area (Å²) in [7, 11) is 0. The number of anilines is 1. The van der Waals surface area contributed by atoms with E-state index in [2.05, 4.69) is 0 Å². The lowest BCUT2D eigenvalue weighted by molar-refractivity contribution is -0.138. The first-order valence-corrected chi connectivity index (χ1v) is 7.39. The summed E-state index contributed by atoms with van der Waals surface area (Å²) in [6, 6.07) is 8.73. The van der Waals surface area contributed by atoms with Crippen LogP contribution in [0.25, 0.3) is 0 Å². The van der Waals surface area contributed by atoms with E-state index in [1.165, 1.54) is 4.90 Å². The van der Waals surface area contributed by atoms with E-state index in [0.29, 0.717) is 12.3 Å². The van der Waals surface area contributed by atoms with Crippen molar-refractivity contribution in [3.05, 3.63) is 30.3 Å². The Balaban J connectivity index is 1.99. The molecule has 1 aliphatic rings. The Labute approximate surface area is 129 Å². The van der Waals surface area contributed by atoms with Gasteiger partial charge in [-0.1, -0.05) is 18.2 Å². The van der Waals surface area contributed by atoms with Gasteiger partial charge in [-0.15, -0.1) is 0 Å². The zero-order valence-electron chi connectivity index (χ0n) is 12.6. The van der Waals surface area contributed by atoms with E-state index in [1.807, 2.05) is 6.07 Å². The van der Waals surface area contributed by atoms with Crippen molar-refractivity contribution in [1.29, 1.82) is 0 Å². The second-order valence-corrected chi connectivity index (χ2v) is 5.26. The Morgan fingerprint density at radius 1 is 1.41 bits per heavy atom.